The zero-order valence-corrected chi connectivity index (χ0v) is 9.79. The fraction of sp³-hybridized carbons (Fsp3) is 0.385. The Hall–Kier alpha value is -1.48. The van der Waals surface area contributed by atoms with Gasteiger partial charge in [0, 0.05) is 23.1 Å². The average Bonchev–Trinajstić information content (AvgIpc) is 2.72. The second-order valence-corrected chi connectivity index (χ2v) is 4.07. The van der Waals surface area contributed by atoms with Gasteiger partial charge in [-0.15, -0.1) is 0 Å². The molecule has 0 aliphatic rings. The maximum Gasteiger partial charge on any atom is 0.128 e. The molecule has 1 aromatic carbocycles. The van der Waals surface area contributed by atoms with Gasteiger partial charge in [-0.3, -0.25) is 0 Å². The number of hydrogen-bond donors (Lipinski definition) is 2. The van der Waals surface area contributed by atoms with Crippen molar-refractivity contribution in [3.63, 3.8) is 0 Å². The highest BCUT2D eigenvalue weighted by atomic mass is 16.5. The summed E-state index contributed by atoms with van der Waals surface area (Å²) in [6.07, 6.45) is 3.90. The summed E-state index contributed by atoms with van der Waals surface area (Å²) in [5.74, 6) is 0.914. The molecule has 86 valence electrons. The molecule has 3 nitrogen and oxygen atoms in total. The summed E-state index contributed by atoms with van der Waals surface area (Å²) in [4.78, 5) is 3.26. The third kappa shape index (κ3) is 1.91. The first kappa shape index (κ1) is 11.0. The molecule has 1 atom stereocenters. The summed E-state index contributed by atoms with van der Waals surface area (Å²) in [5, 5.41) is 1.16. The minimum Gasteiger partial charge on any atom is -0.496 e. The number of fused-ring (bicyclic) bond motifs is 1. The van der Waals surface area contributed by atoms with Crippen molar-refractivity contribution in [2.75, 3.05) is 7.11 Å². The summed E-state index contributed by atoms with van der Waals surface area (Å²) in [6.45, 7) is 2.11. The Morgan fingerprint density at radius 2 is 2.25 bits per heavy atom. The van der Waals surface area contributed by atoms with E-state index < -0.39 is 0 Å². The maximum absolute atomic E-state index is 5.99. The predicted molar refractivity (Wildman–Crippen MR) is 66.8 cm³/mol. The van der Waals surface area contributed by atoms with Gasteiger partial charge >= 0.3 is 0 Å². The van der Waals surface area contributed by atoms with Crippen molar-refractivity contribution in [2.45, 2.75) is 25.8 Å². The highest BCUT2D eigenvalue weighted by Gasteiger charge is 2.11. The molecule has 1 unspecified atom stereocenters. The molecule has 0 fully saturated rings. The second kappa shape index (κ2) is 4.58. The maximum atomic E-state index is 5.99. The Bertz CT molecular complexity index is 476. The molecule has 0 radical (unpaired) electrons. The fourth-order valence-electron chi connectivity index (χ4n) is 1.98. The Labute approximate surface area is 95.6 Å². The fourth-order valence-corrected chi connectivity index (χ4v) is 1.98. The molecule has 0 aliphatic heterocycles. The van der Waals surface area contributed by atoms with E-state index >= 15 is 0 Å². The standard InChI is InChI=1S/C13H18N2O/c1-3-10(14)7-9-8-15-11-5-4-6-12(16-2)13(9)11/h4-6,8,10,15H,3,7,14H2,1-2H3. The van der Waals surface area contributed by atoms with E-state index in [0.717, 1.165) is 29.5 Å². The molecular weight excluding hydrogens is 200 g/mol. The van der Waals surface area contributed by atoms with Crippen molar-refractivity contribution in [3.05, 3.63) is 30.0 Å². The van der Waals surface area contributed by atoms with Crippen LogP contribution in [0.3, 0.4) is 0 Å². The number of benzene rings is 1. The molecule has 0 saturated carbocycles. The number of rotatable bonds is 4. The number of H-pyrrole nitrogens is 1. The van der Waals surface area contributed by atoms with Gasteiger partial charge in [-0.2, -0.15) is 0 Å². The van der Waals surface area contributed by atoms with Gasteiger partial charge in [-0.05, 0) is 30.5 Å². The molecule has 0 spiro atoms. The molecule has 2 aromatic rings. The monoisotopic (exact) mass is 218 g/mol. The molecule has 0 aliphatic carbocycles. The van der Waals surface area contributed by atoms with Crippen molar-refractivity contribution in [3.8, 4) is 5.75 Å². The van der Waals surface area contributed by atoms with Gasteiger partial charge in [0.2, 0.25) is 0 Å². The number of nitrogens with two attached hydrogens (primary N) is 1. The lowest BCUT2D eigenvalue weighted by Crippen LogP contribution is -2.21. The first-order valence-electron chi connectivity index (χ1n) is 5.64. The van der Waals surface area contributed by atoms with Crippen LogP contribution in [0.4, 0.5) is 0 Å². The number of ether oxygens (including phenoxy) is 1. The number of methoxy groups -OCH3 is 1. The lowest BCUT2D eigenvalue weighted by atomic mass is 10.0. The topological polar surface area (TPSA) is 51.0 Å². The van der Waals surface area contributed by atoms with E-state index in [4.69, 9.17) is 10.5 Å². The molecular formula is C13H18N2O. The number of aromatic nitrogens is 1. The molecule has 1 aromatic heterocycles. The van der Waals surface area contributed by atoms with E-state index in [0.29, 0.717) is 0 Å². The van der Waals surface area contributed by atoms with Crippen molar-refractivity contribution in [1.82, 2.24) is 4.98 Å². The van der Waals surface area contributed by atoms with Crippen LogP contribution < -0.4 is 10.5 Å². The van der Waals surface area contributed by atoms with E-state index in [1.807, 2.05) is 18.3 Å². The lowest BCUT2D eigenvalue weighted by Gasteiger charge is -2.09. The van der Waals surface area contributed by atoms with Crippen LogP contribution in [0.25, 0.3) is 10.9 Å². The number of hydrogen-bond acceptors (Lipinski definition) is 2. The van der Waals surface area contributed by atoms with Crippen molar-refractivity contribution >= 4 is 10.9 Å². The quantitative estimate of drug-likeness (QED) is 0.828. The van der Waals surface area contributed by atoms with Crippen LogP contribution in [0.1, 0.15) is 18.9 Å². The highest BCUT2D eigenvalue weighted by Crippen LogP contribution is 2.29. The largest absolute Gasteiger partial charge is 0.496 e. The van der Waals surface area contributed by atoms with Gasteiger partial charge in [0.1, 0.15) is 5.75 Å². The van der Waals surface area contributed by atoms with Crippen LogP contribution in [0.2, 0.25) is 0 Å². The number of nitrogens with one attached hydrogen (secondary N) is 1. The molecule has 3 N–H and O–H groups in total. The molecule has 1 heterocycles. The zero-order valence-electron chi connectivity index (χ0n) is 9.79. The van der Waals surface area contributed by atoms with Gasteiger partial charge in [0.15, 0.2) is 0 Å². The smallest absolute Gasteiger partial charge is 0.128 e. The van der Waals surface area contributed by atoms with E-state index in [9.17, 15) is 0 Å². The second-order valence-electron chi connectivity index (χ2n) is 4.07. The predicted octanol–water partition coefficient (Wildman–Crippen LogP) is 2.46. The molecule has 16 heavy (non-hydrogen) atoms. The van der Waals surface area contributed by atoms with Gasteiger partial charge in [0.25, 0.3) is 0 Å². The van der Waals surface area contributed by atoms with Crippen LogP contribution in [-0.2, 0) is 6.42 Å². The summed E-state index contributed by atoms with van der Waals surface area (Å²) >= 11 is 0. The minimum atomic E-state index is 0.212. The van der Waals surface area contributed by atoms with Crippen molar-refractivity contribution in [2.24, 2.45) is 5.73 Å². The third-order valence-electron chi connectivity index (χ3n) is 2.98. The normalized spacial score (nSPS) is 12.9. The highest BCUT2D eigenvalue weighted by molar-refractivity contribution is 5.89. The van der Waals surface area contributed by atoms with Crippen LogP contribution in [-0.4, -0.2) is 18.1 Å². The average molecular weight is 218 g/mol. The Balaban J connectivity index is 2.45. The van der Waals surface area contributed by atoms with Gasteiger partial charge < -0.3 is 15.5 Å². The van der Waals surface area contributed by atoms with Gasteiger partial charge in [0.05, 0.1) is 7.11 Å². The Kier molecular flexibility index (Phi) is 3.15. The van der Waals surface area contributed by atoms with Crippen molar-refractivity contribution in [1.29, 1.82) is 0 Å². The minimum absolute atomic E-state index is 0.212. The summed E-state index contributed by atoms with van der Waals surface area (Å²) in [6, 6.07) is 6.24. The SMILES string of the molecule is CCC(N)Cc1c[nH]c2cccc(OC)c12. The van der Waals surface area contributed by atoms with Gasteiger partial charge in [-0.25, -0.2) is 0 Å². The third-order valence-corrected chi connectivity index (χ3v) is 2.98. The van der Waals surface area contributed by atoms with E-state index in [1.165, 1.54) is 5.56 Å². The molecule has 0 bridgehead atoms. The van der Waals surface area contributed by atoms with Crippen LogP contribution in [0.5, 0.6) is 5.75 Å². The Morgan fingerprint density at radius 1 is 1.44 bits per heavy atom. The van der Waals surface area contributed by atoms with Crippen LogP contribution >= 0.6 is 0 Å². The van der Waals surface area contributed by atoms with Crippen molar-refractivity contribution < 1.29 is 4.74 Å². The van der Waals surface area contributed by atoms with E-state index in [1.54, 1.807) is 7.11 Å². The van der Waals surface area contributed by atoms with Gasteiger partial charge in [-0.1, -0.05) is 13.0 Å². The van der Waals surface area contributed by atoms with E-state index in [2.05, 4.69) is 18.0 Å². The molecule has 3 heteroatoms. The van der Waals surface area contributed by atoms with Crippen LogP contribution in [0, 0.1) is 0 Å². The Morgan fingerprint density at radius 3 is 2.94 bits per heavy atom. The molecule has 2 rings (SSSR count). The molecule has 0 saturated heterocycles. The summed E-state index contributed by atoms with van der Waals surface area (Å²) in [5.41, 5.74) is 8.34. The first-order valence-corrected chi connectivity index (χ1v) is 5.64. The zero-order chi connectivity index (χ0) is 11.5. The van der Waals surface area contributed by atoms with Crippen LogP contribution in [0.15, 0.2) is 24.4 Å². The first-order chi connectivity index (χ1) is 7.76. The van der Waals surface area contributed by atoms with E-state index in [-0.39, 0.29) is 6.04 Å². The summed E-state index contributed by atoms with van der Waals surface area (Å²) < 4.78 is 5.38. The lowest BCUT2D eigenvalue weighted by molar-refractivity contribution is 0.419. The summed E-state index contributed by atoms with van der Waals surface area (Å²) in [7, 11) is 1.70. The molecule has 0 amide bonds. The number of aromatic amines is 1.